The van der Waals surface area contributed by atoms with E-state index in [9.17, 15) is 19.5 Å². The fraction of sp³-hybridized carbons (Fsp3) is 0.353. The molecule has 3 rings (SSSR count). The summed E-state index contributed by atoms with van der Waals surface area (Å²) in [4.78, 5) is 38.0. The molecule has 0 spiro atoms. The summed E-state index contributed by atoms with van der Waals surface area (Å²) in [6, 6.07) is 4.52. The molecule has 0 saturated heterocycles. The van der Waals surface area contributed by atoms with Gasteiger partial charge in [0.1, 0.15) is 5.60 Å². The van der Waals surface area contributed by atoms with Gasteiger partial charge in [0.15, 0.2) is 0 Å². The molecule has 3 amide bonds. The number of halogens is 1. The summed E-state index contributed by atoms with van der Waals surface area (Å²) in [7, 11) is 0. The zero-order chi connectivity index (χ0) is 18.6. The molecule has 1 unspecified atom stereocenters. The molecule has 2 N–H and O–H groups in total. The topological polar surface area (TPSA) is 95.9 Å². The molecule has 25 heavy (non-hydrogen) atoms. The van der Waals surface area contributed by atoms with Crippen LogP contribution < -0.4 is 5.32 Å². The maximum absolute atomic E-state index is 12.6. The molecule has 0 bridgehead atoms. The van der Waals surface area contributed by atoms with Gasteiger partial charge < -0.3 is 15.2 Å². The number of benzene rings is 1. The summed E-state index contributed by atoms with van der Waals surface area (Å²) in [5.41, 5.74) is -2.63. The van der Waals surface area contributed by atoms with Crippen molar-refractivity contribution in [2.45, 2.75) is 32.0 Å². The maximum Gasteiger partial charge on any atom is 0.417 e. The minimum absolute atomic E-state index is 0.0887. The minimum Gasteiger partial charge on any atom is -0.443 e. The number of nitrogens with zero attached hydrogens (tertiary/aromatic N) is 1. The average Bonchev–Trinajstić information content (AvgIpc) is 2.98. The third-order valence-electron chi connectivity index (χ3n) is 3.91. The van der Waals surface area contributed by atoms with Crippen molar-refractivity contribution in [1.82, 2.24) is 4.90 Å². The summed E-state index contributed by atoms with van der Waals surface area (Å²) in [6.45, 7) is 4.94. The number of rotatable bonds is 1. The Labute approximate surface area is 149 Å². The van der Waals surface area contributed by atoms with E-state index in [1.165, 1.54) is 12.1 Å². The molecule has 0 aliphatic carbocycles. The fourth-order valence-corrected chi connectivity index (χ4v) is 2.97. The van der Waals surface area contributed by atoms with E-state index in [1.54, 1.807) is 32.9 Å². The van der Waals surface area contributed by atoms with Gasteiger partial charge >= 0.3 is 6.09 Å². The first kappa shape index (κ1) is 17.4. The Kier molecular flexibility index (Phi) is 3.89. The van der Waals surface area contributed by atoms with Crippen molar-refractivity contribution in [2.24, 2.45) is 0 Å². The second-order valence-corrected chi connectivity index (χ2v) is 7.30. The molecule has 1 aromatic rings. The third kappa shape index (κ3) is 2.79. The van der Waals surface area contributed by atoms with Gasteiger partial charge in [0, 0.05) is 16.3 Å². The zero-order valence-electron chi connectivity index (χ0n) is 13.9. The third-order valence-corrected chi connectivity index (χ3v) is 4.14. The zero-order valence-corrected chi connectivity index (χ0v) is 14.7. The molecule has 1 aromatic carbocycles. The van der Waals surface area contributed by atoms with Gasteiger partial charge in [-0.15, -0.1) is 0 Å². The van der Waals surface area contributed by atoms with Crippen LogP contribution in [0.4, 0.5) is 10.5 Å². The predicted octanol–water partition coefficient (Wildman–Crippen LogP) is 2.18. The van der Waals surface area contributed by atoms with E-state index < -0.39 is 29.1 Å². The number of amides is 3. The van der Waals surface area contributed by atoms with Crippen molar-refractivity contribution in [3.63, 3.8) is 0 Å². The van der Waals surface area contributed by atoms with Gasteiger partial charge in [-0.3, -0.25) is 9.59 Å². The lowest BCUT2D eigenvalue weighted by Gasteiger charge is -2.25. The van der Waals surface area contributed by atoms with Gasteiger partial charge in [-0.1, -0.05) is 17.7 Å². The lowest BCUT2D eigenvalue weighted by atomic mass is 9.87. The summed E-state index contributed by atoms with van der Waals surface area (Å²) in [5.74, 6) is -1.55. The maximum atomic E-state index is 12.6. The van der Waals surface area contributed by atoms with Crippen molar-refractivity contribution in [3.05, 3.63) is 40.4 Å². The number of hydrogen-bond donors (Lipinski definition) is 2. The quantitative estimate of drug-likeness (QED) is 0.796. The van der Waals surface area contributed by atoms with Crippen LogP contribution in [-0.2, 0) is 19.9 Å². The van der Waals surface area contributed by atoms with E-state index in [0.717, 1.165) is 4.90 Å². The number of ether oxygens (including phenoxy) is 1. The van der Waals surface area contributed by atoms with Gasteiger partial charge in [0.25, 0.3) is 11.8 Å². The van der Waals surface area contributed by atoms with Gasteiger partial charge in [-0.05, 0) is 39.0 Å². The van der Waals surface area contributed by atoms with Crippen LogP contribution in [0.2, 0.25) is 5.02 Å². The first-order valence-electron chi connectivity index (χ1n) is 7.63. The van der Waals surface area contributed by atoms with Crippen LogP contribution in [0.15, 0.2) is 29.8 Å². The second-order valence-electron chi connectivity index (χ2n) is 6.87. The SMILES string of the molecule is CC(C)(C)OC(=O)N1CC=C(C2(O)C(=O)Nc3ccc(Cl)cc32)C1=O. The van der Waals surface area contributed by atoms with Crippen LogP contribution in [-0.4, -0.2) is 40.1 Å². The molecular formula is C17H17ClN2O5. The van der Waals surface area contributed by atoms with E-state index in [2.05, 4.69) is 5.32 Å². The van der Waals surface area contributed by atoms with Crippen molar-refractivity contribution < 1.29 is 24.2 Å². The van der Waals surface area contributed by atoms with Crippen molar-refractivity contribution in [3.8, 4) is 0 Å². The van der Waals surface area contributed by atoms with Gasteiger partial charge in [-0.25, -0.2) is 9.69 Å². The molecule has 0 aromatic heterocycles. The molecule has 0 fully saturated rings. The first-order chi connectivity index (χ1) is 11.5. The molecule has 2 aliphatic heterocycles. The van der Waals surface area contributed by atoms with Crippen molar-refractivity contribution in [2.75, 3.05) is 11.9 Å². The van der Waals surface area contributed by atoms with Crippen LogP contribution in [0.1, 0.15) is 26.3 Å². The summed E-state index contributed by atoms with van der Waals surface area (Å²) >= 11 is 5.95. The highest BCUT2D eigenvalue weighted by molar-refractivity contribution is 6.31. The summed E-state index contributed by atoms with van der Waals surface area (Å²) in [6.07, 6.45) is 0.513. The summed E-state index contributed by atoms with van der Waals surface area (Å²) in [5, 5.41) is 13.8. The molecule has 1 atom stereocenters. The van der Waals surface area contributed by atoms with Gasteiger partial charge in [-0.2, -0.15) is 0 Å². The highest BCUT2D eigenvalue weighted by Gasteiger charge is 2.53. The van der Waals surface area contributed by atoms with E-state index in [1.807, 2.05) is 0 Å². The highest BCUT2D eigenvalue weighted by Crippen LogP contribution is 2.43. The van der Waals surface area contributed by atoms with E-state index in [-0.39, 0.29) is 17.7 Å². The number of fused-ring (bicyclic) bond motifs is 1. The van der Waals surface area contributed by atoms with Gasteiger partial charge in [0.2, 0.25) is 5.60 Å². The van der Waals surface area contributed by atoms with Crippen LogP contribution in [0.5, 0.6) is 0 Å². The van der Waals surface area contributed by atoms with Crippen LogP contribution in [0.25, 0.3) is 0 Å². The lowest BCUT2D eigenvalue weighted by Crippen LogP contribution is -2.44. The van der Waals surface area contributed by atoms with Crippen LogP contribution >= 0.6 is 11.6 Å². The highest BCUT2D eigenvalue weighted by atomic mass is 35.5. The number of imide groups is 1. The molecule has 132 valence electrons. The van der Waals surface area contributed by atoms with Crippen molar-refractivity contribution in [1.29, 1.82) is 0 Å². The number of carbonyl (C=O) groups excluding carboxylic acids is 3. The number of anilines is 1. The van der Waals surface area contributed by atoms with E-state index >= 15 is 0 Å². The minimum atomic E-state index is -2.20. The Morgan fingerprint density at radius 1 is 1.36 bits per heavy atom. The standard InChI is InChI=1S/C17H17ClN2O5/c1-16(2,3)25-15(23)20-7-6-10(13(20)21)17(24)11-8-9(18)4-5-12(11)19-14(17)22/h4-6,8,24H,7H2,1-3H3,(H,19,22). The Bertz CT molecular complexity index is 827. The Hall–Kier alpha value is -2.38. The van der Waals surface area contributed by atoms with Crippen molar-refractivity contribution >= 4 is 35.2 Å². The van der Waals surface area contributed by atoms with E-state index in [0.29, 0.717) is 10.7 Å². The van der Waals surface area contributed by atoms with Gasteiger partial charge in [0.05, 0.1) is 12.1 Å². The number of hydrogen-bond acceptors (Lipinski definition) is 5. The first-order valence-corrected chi connectivity index (χ1v) is 8.01. The molecule has 2 heterocycles. The molecule has 0 radical (unpaired) electrons. The van der Waals surface area contributed by atoms with Crippen LogP contribution in [0, 0.1) is 0 Å². The second kappa shape index (κ2) is 5.57. The molecular weight excluding hydrogens is 348 g/mol. The summed E-state index contributed by atoms with van der Waals surface area (Å²) < 4.78 is 5.18. The largest absolute Gasteiger partial charge is 0.443 e. The molecule has 0 saturated carbocycles. The smallest absolute Gasteiger partial charge is 0.417 e. The monoisotopic (exact) mass is 364 g/mol. The average molecular weight is 365 g/mol. The Morgan fingerprint density at radius 3 is 2.68 bits per heavy atom. The predicted molar refractivity (Wildman–Crippen MR) is 90.0 cm³/mol. The molecule has 8 heteroatoms. The number of aliphatic hydroxyl groups is 1. The molecule has 2 aliphatic rings. The number of carbonyl (C=O) groups is 3. The lowest BCUT2D eigenvalue weighted by molar-refractivity contribution is -0.136. The Morgan fingerprint density at radius 2 is 2.04 bits per heavy atom. The van der Waals surface area contributed by atoms with E-state index in [4.69, 9.17) is 16.3 Å². The fourth-order valence-electron chi connectivity index (χ4n) is 2.80. The molecule has 7 nitrogen and oxygen atoms in total. The normalized spacial score (nSPS) is 22.6. The van der Waals surface area contributed by atoms with Crippen LogP contribution in [0.3, 0.4) is 0 Å². The Balaban J connectivity index is 1.94. The number of nitrogens with one attached hydrogen (secondary N) is 1.